The first-order valence-electron chi connectivity index (χ1n) is 7.22. The molecule has 1 aromatic rings. The molecule has 0 heterocycles. The van der Waals surface area contributed by atoms with E-state index in [2.05, 4.69) is 12.2 Å². The molecule has 1 fully saturated rings. The summed E-state index contributed by atoms with van der Waals surface area (Å²) >= 11 is 6.09. The second-order valence-electron chi connectivity index (χ2n) is 5.93. The van der Waals surface area contributed by atoms with Crippen LogP contribution in [0.5, 0.6) is 0 Å². The van der Waals surface area contributed by atoms with Gasteiger partial charge in [-0.2, -0.15) is 5.26 Å². The Hall–Kier alpha value is -1.57. The SMILES string of the molecule is CC1CCC(CN)(C(=O)Nc2cc(C#N)ccc2Cl)CC1. The number of carbonyl (C=O) groups is 1. The summed E-state index contributed by atoms with van der Waals surface area (Å²) in [6, 6.07) is 6.88. The second-order valence-corrected chi connectivity index (χ2v) is 6.33. The van der Waals surface area contributed by atoms with Crippen molar-refractivity contribution in [1.82, 2.24) is 0 Å². The van der Waals surface area contributed by atoms with E-state index >= 15 is 0 Å². The van der Waals surface area contributed by atoms with Gasteiger partial charge in [0.15, 0.2) is 0 Å². The van der Waals surface area contributed by atoms with Gasteiger partial charge in [0.1, 0.15) is 0 Å². The number of benzene rings is 1. The van der Waals surface area contributed by atoms with Gasteiger partial charge >= 0.3 is 0 Å². The predicted molar refractivity (Wildman–Crippen MR) is 83.9 cm³/mol. The largest absolute Gasteiger partial charge is 0.329 e. The van der Waals surface area contributed by atoms with Crippen LogP contribution in [0.3, 0.4) is 0 Å². The minimum Gasteiger partial charge on any atom is -0.329 e. The van der Waals surface area contributed by atoms with Crippen LogP contribution in [-0.2, 0) is 4.79 Å². The Morgan fingerprint density at radius 1 is 1.52 bits per heavy atom. The third-order valence-electron chi connectivity index (χ3n) is 4.45. The maximum absolute atomic E-state index is 12.6. The first-order chi connectivity index (χ1) is 10.0. The normalized spacial score (nSPS) is 25.1. The molecule has 0 atom stereocenters. The molecule has 1 aromatic carbocycles. The summed E-state index contributed by atoms with van der Waals surface area (Å²) in [6.07, 6.45) is 3.62. The Bertz CT molecular complexity index is 571. The molecule has 0 bridgehead atoms. The Morgan fingerprint density at radius 3 is 2.76 bits per heavy atom. The topological polar surface area (TPSA) is 78.9 Å². The molecule has 1 saturated carbocycles. The maximum atomic E-state index is 12.6. The number of nitrogens with one attached hydrogen (secondary N) is 1. The summed E-state index contributed by atoms with van der Waals surface area (Å²) in [6.45, 7) is 2.53. The number of anilines is 1. The molecule has 0 spiro atoms. The zero-order chi connectivity index (χ0) is 15.5. The quantitative estimate of drug-likeness (QED) is 0.899. The number of halogens is 1. The number of rotatable bonds is 3. The molecule has 21 heavy (non-hydrogen) atoms. The second kappa shape index (κ2) is 6.46. The zero-order valence-electron chi connectivity index (χ0n) is 12.2. The molecule has 1 amide bonds. The van der Waals surface area contributed by atoms with E-state index in [1.54, 1.807) is 18.2 Å². The van der Waals surface area contributed by atoms with Crippen LogP contribution in [0.2, 0.25) is 5.02 Å². The van der Waals surface area contributed by atoms with Gasteiger partial charge in [-0.3, -0.25) is 4.79 Å². The lowest BCUT2D eigenvalue weighted by molar-refractivity contribution is -0.127. The molecule has 5 heteroatoms. The van der Waals surface area contributed by atoms with Gasteiger partial charge in [-0.05, 0) is 49.8 Å². The minimum absolute atomic E-state index is 0.0890. The maximum Gasteiger partial charge on any atom is 0.231 e. The van der Waals surface area contributed by atoms with E-state index < -0.39 is 5.41 Å². The van der Waals surface area contributed by atoms with Crippen molar-refractivity contribution >= 4 is 23.2 Å². The van der Waals surface area contributed by atoms with Crippen LogP contribution in [0.4, 0.5) is 5.69 Å². The lowest BCUT2D eigenvalue weighted by Gasteiger charge is -2.37. The highest BCUT2D eigenvalue weighted by atomic mass is 35.5. The van der Waals surface area contributed by atoms with Crippen LogP contribution in [0.25, 0.3) is 0 Å². The van der Waals surface area contributed by atoms with Crippen molar-refractivity contribution < 1.29 is 4.79 Å². The van der Waals surface area contributed by atoms with Crippen molar-refractivity contribution in [2.45, 2.75) is 32.6 Å². The van der Waals surface area contributed by atoms with Crippen molar-refractivity contribution in [3.8, 4) is 6.07 Å². The van der Waals surface area contributed by atoms with Crippen LogP contribution in [-0.4, -0.2) is 12.5 Å². The Morgan fingerprint density at radius 2 is 2.19 bits per heavy atom. The van der Waals surface area contributed by atoms with Gasteiger partial charge in [0, 0.05) is 6.54 Å². The molecule has 1 aliphatic carbocycles. The van der Waals surface area contributed by atoms with Gasteiger partial charge in [0.2, 0.25) is 5.91 Å². The van der Waals surface area contributed by atoms with E-state index in [0.29, 0.717) is 28.7 Å². The molecule has 0 aliphatic heterocycles. The number of nitrogens with two attached hydrogens (primary N) is 1. The van der Waals surface area contributed by atoms with Crippen LogP contribution in [0.1, 0.15) is 38.2 Å². The lowest BCUT2D eigenvalue weighted by Crippen LogP contribution is -2.44. The third-order valence-corrected chi connectivity index (χ3v) is 4.78. The van der Waals surface area contributed by atoms with E-state index in [4.69, 9.17) is 22.6 Å². The highest BCUT2D eigenvalue weighted by molar-refractivity contribution is 6.33. The molecule has 3 N–H and O–H groups in total. The predicted octanol–water partition coefficient (Wildman–Crippen LogP) is 3.31. The van der Waals surface area contributed by atoms with Crippen molar-refractivity contribution in [3.63, 3.8) is 0 Å². The van der Waals surface area contributed by atoms with Crippen molar-refractivity contribution in [1.29, 1.82) is 5.26 Å². The molecule has 112 valence electrons. The smallest absolute Gasteiger partial charge is 0.231 e. The van der Waals surface area contributed by atoms with Gasteiger partial charge in [-0.15, -0.1) is 0 Å². The summed E-state index contributed by atoms with van der Waals surface area (Å²) in [5.74, 6) is 0.553. The van der Waals surface area contributed by atoms with Crippen molar-refractivity contribution in [2.24, 2.45) is 17.1 Å². The number of nitriles is 1. The number of carbonyl (C=O) groups excluding carboxylic acids is 1. The van der Waals surface area contributed by atoms with Gasteiger partial charge in [-0.1, -0.05) is 18.5 Å². The summed E-state index contributed by atoms with van der Waals surface area (Å²) in [7, 11) is 0. The zero-order valence-corrected chi connectivity index (χ0v) is 12.9. The molecule has 2 rings (SSSR count). The minimum atomic E-state index is -0.515. The van der Waals surface area contributed by atoms with Crippen LogP contribution in [0, 0.1) is 22.7 Å². The number of hydrogen-bond donors (Lipinski definition) is 2. The molecule has 4 nitrogen and oxygen atoms in total. The monoisotopic (exact) mass is 305 g/mol. The van der Waals surface area contributed by atoms with Crippen LogP contribution < -0.4 is 11.1 Å². The molecule has 0 unspecified atom stereocenters. The van der Waals surface area contributed by atoms with E-state index in [-0.39, 0.29) is 5.91 Å². The molecular formula is C16H20ClN3O. The number of amides is 1. The van der Waals surface area contributed by atoms with Crippen LogP contribution >= 0.6 is 11.6 Å². The van der Waals surface area contributed by atoms with Crippen molar-refractivity contribution in [2.75, 3.05) is 11.9 Å². The Kier molecular flexibility index (Phi) is 4.87. The third kappa shape index (κ3) is 3.37. The van der Waals surface area contributed by atoms with Crippen molar-refractivity contribution in [3.05, 3.63) is 28.8 Å². The van der Waals surface area contributed by atoms with E-state index in [1.807, 2.05) is 6.07 Å². The van der Waals surface area contributed by atoms with Gasteiger partial charge in [0.25, 0.3) is 0 Å². The first-order valence-corrected chi connectivity index (χ1v) is 7.60. The van der Waals surface area contributed by atoms with Gasteiger partial charge in [0.05, 0.1) is 27.8 Å². The summed E-state index contributed by atoms with van der Waals surface area (Å²) < 4.78 is 0. The Balaban J connectivity index is 2.19. The summed E-state index contributed by atoms with van der Waals surface area (Å²) in [5.41, 5.74) is 6.32. The molecule has 0 saturated heterocycles. The van der Waals surface area contributed by atoms with Crippen LogP contribution in [0.15, 0.2) is 18.2 Å². The standard InChI is InChI=1S/C16H20ClN3O/c1-11-4-6-16(10-19,7-5-11)15(21)20-14-8-12(9-18)2-3-13(14)17/h2-3,8,11H,4-7,10,19H2,1H3,(H,20,21). The lowest BCUT2D eigenvalue weighted by atomic mass is 9.70. The number of nitrogens with zero attached hydrogens (tertiary/aromatic N) is 1. The fraction of sp³-hybridized carbons (Fsp3) is 0.500. The average molecular weight is 306 g/mol. The highest BCUT2D eigenvalue weighted by Gasteiger charge is 2.40. The number of hydrogen-bond acceptors (Lipinski definition) is 3. The average Bonchev–Trinajstić information content (AvgIpc) is 2.50. The van der Waals surface area contributed by atoms with Gasteiger partial charge in [-0.25, -0.2) is 0 Å². The first kappa shape index (κ1) is 15.8. The molecule has 0 radical (unpaired) electrons. The fourth-order valence-corrected chi connectivity index (χ4v) is 2.95. The van der Waals surface area contributed by atoms with Gasteiger partial charge < -0.3 is 11.1 Å². The molecule has 0 aromatic heterocycles. The summed E-state index contributed by atoms with van der Waals surface area (Å²) in [4.78, 5) is 12.6. The fourth-order valence-electron chi connectivity index (χ4n) is 2.78. The summed E-state index contributed by atoms with van der Waals surface area (Å²) in [5, 5.41) is 12.2. The van der Waals surface area contributed by atoms with E-state index in [1.165, 1.54) is 0 Å². The molecule has 1 aliphatic rings. The highest BCUT2D eigenvalue weighted by Crippen LogP contribution is 2.39. The van der Waals surface area contributed by atoms with E-state index in [0.717, 1.165) is 25.7 Å². The van der Waals surface area contributed by atoms with E-state index in [9.17, 15) is 4.79 Å². The molecular weight excluding hydrogens is 286 g/mol. The Labute approximate surface area is 130 Å².